The molecule has 2 heterocycles. The van der Waals surface area contributed by atoms with Crippen LogP contribution in [0.2, 0.25) is 0 Å². The van der Waals surface area contributed by atoms with Gasteiger partial charge in [0.1, 0.15) is 5.69 Å². The van der Waals surface area contributed by atoms with Gasteiger partial charge in [0, 0.05) is 30.9 Å². The van der Waals surface area contributed by atoms with Crippen LogP contribution >= 0.6 is 0 Å². The number of carboxylic acids is 1. The number of furan rings is 1. The number of pyridine rings is 1. The SMILES string of the molecule is CN(Cc1ccoc1)C(=O)c1ccnc(C(=O)O)c1. The van der Waals surface area contributed by atoms with Crippen LogP contribution in [-0.4, -0.2) is 33.9 Å². The van der Waals surface area contributed by atoms with Crippen LogP contribution in [0.15, 0.2) is 41.3 Å². The Bertz CT molecular complexity index is 592. The molecule has 0 bridgehead atoms. The topological polar surface area (TPSA) is 83.6 Å². The van der Waals surface area contributed by atoms with Gasteiger partial charge in [0.15, 0.2) is 0 Å². The van der Waals surface area contributed by atoms with Gasteiger partial charge in [0.25, 0.3) is 5.91 Å². The molecule has 2 rings (SSSR count). The molecule has 0 aromatic carbocycles. The van der Waals surface area contributed by atoms with Gasteiger partial charge in [0.05, 0.1) is 12.5 Å². The molecule has 0 saturated carbocycles. The Morgan fingerprint density at radius 1 is 1.42 bits per heavy atom. The van der Waals surface area contributed by atoms with Gasteiger partial charge in [-0.3, -0.25) is 4.79 Å². The molecule has 0 aliphatic carbocycles. The number of nitrogens with zero attached hydrogens (tertiary/aromatic N) is 2. The molecular formula is C13H12N2O4. The van der Waals surface area contributed by atoms with Crippen LogP contribution in [0.5, 0.6) is 0 Å². The van der Waals surface area contributed by atoms with Crippen molar-refractivity contribution in [3.05, 3.63) is 53.7 Å². The van der Waals surface area contributed by atoms with E-state index >= 15 is 0 Å². The first kappa shape index (κ1) is 12.8. The molecule has 1 amide bonds. The number of hydrogen-bond donors (Lipinski definition) is 1. The van der Waals surface area contributed by atoms with Gasteiger partial charge in [-0.2, -0.15) is 0 Å². The maximum absolute atomic E-state index is 12.1. The molecule has 0 unspecified atom stereocenters. The molecule has 0 aliphatic heterocycles. The molecule has 1 N–H and O–H groups in total. The fraction of sp³-hybridized carbons (Fsp3) is 0.154. The first-order valence-electron chi connectivity index (χ1n) is 5.54. The summed E-state index contributed by atoms with van der Waals surface area (Å²) in [6.45, 7) is 0.389. The zero-order valence-corrected chi connectivity index (χ0v) is 10.2. The molecule has 2 aromatic heterocycles. The Hall–Kier alpha value is -2.63. The predicted molar refractivity (Wildman–Crippen MR) is 65.7 cm³/mol. The molecule has 6 heteroatoms. The van der Waals surface area contributed by atoms with Gasteiger partial charge in [-0.05, 0) is 18.2 Å². The third-order valence-electron chi connectivity index (χ3n) is 2.57. The van der Waals surface area contributed by atoms with E-state index in [9.17, 15) is 9.59 Å². The Morgan fingerprint density at radius 2 is 2.21 bits per heavy atom. The number of carbonyl (C=O) groups excluding carboxylic acids is 1. The summed E-state index contributed by atoms with van der Waals surface area (Å²) in [5, 5.41) is 8.84. The van der Waals surface area contributed by atoms with Crippen LogP contribution in [0, 0.1) is 0 Å². The van der Waals surface area contributed by atoms with Crippen LogP contribution in [0.3, 0.4) is 0 Å². The zero-order chi connectivity index (χ0) is 13.8. The largest absolute Gasteiger partial charge is 0.477 e. The molecule has 98 valence electrons. The molecule has 0 fully saturated rings. The average Bonchev–Trinajstić information content (AvgIpc) is 2.90. The predicted octanol–water partition coefficient (Wildman–Crippen LogP) is 1.65. The smallest absolute Gasteiger partial charge is 0.354 e. The van der Waals surface area contributed by atoms with E-state index in [0.29, 0.717) is 12.1 Å². The highest BCUT2D eigenvalue weighted by molar-refractivity contribution is 5.96. The molecule has 2 aromatic rings. The number of hydrogen-bond acceptors (Lipinski definition) is 4. The van der Waals surface area contributed by atoms with E-state index in [1.807, 2.05) is 0 Å². The van der Waals surface area contributed by atoms with E-state index in [-0.39, 0.29) is 11.6 Å². The van der Waals surface area contributed by atoms with Gasteiger partial charge in [-0.1, -0.05) is 0 Å². The Labute approximate surface area is 109 Å². The van der Waals surface area contributed by atoms with E-state index in [1.165, 1.54) is 29.5 Å². The van der Waals surface area contributed by atoms with Crippen LogP contribution in [0.4, 0.5) is 0 Å². The number of carboxylic acid groups (broad SMARTS) is 1. The molecule has 0 saturated heterocycles. The first-order chi connectivity index (χ1) is 9.08. The van der Waals surface area contributed by atoms with Crippen LogP contribution in [0.25, 0.3) is 0 Å². The van der Waals surface area contributed by atoms with Crippen LogP contribution < -0.4 is 0 Å². The van der Waals surface area contributed by atoms with E-state index in [0.717, 1.165) is 5.56 Å². The normalized spacial score (nSPS) is 10.2. The lowest BCUT2D eigenvalue weighted by Gasteiger charge is -2.16. The summed E-state index contributed by atoms with van der Waals surface area (Å²) >= 11 is 0. The van der Waals surface area contributed by atoms with Gasteiger partial charge in [-0.25, -0.2) is 9.78 Å². The molecule has 0 atom stereocenters. The molecule has 0 spiro atoms. The Balaban J connectivity index is 2.14. The van der Waals surface area contributed by atoms with Gasteiger partial charge >= 0.3 is 5.97 Å². The molecule has 6 nitrogen and oxygen atoms in total. The van der Waals surface area contributed by atoms with Crippen LogP contribution in [-0.2, 0) is 6.54 Å². The van der Waals surface area contributed by atoms with Crippen molar-refractivity contribution >= 4 is 11.9 Å². The summed E-state index contributed by atoms with van der Waals surface area (Å²) < 4.78 is 4.93. The van der Waals surface area contributed by atoms with Crippen molar-refractivity contribution < 1.29 is 19.1 Å². The third kappa shape index (κ3) is 2.98. The van der Waals surface area contributed by atoms with Gasteiger partial charge in [0.2, 0.25) is 0 Å². The lowest BCUT2D eigenvalue weighted by Crippen LogP contribution is -2.26. The summed E-state index contributed by atoms with van der Waals surface area (Å²) in [5.41, 5.74) is 1.00. The fourth-order valence-corrected chi connectivity index (χ4v) is 1.63. The Morgan fingerprint density at radius 3 is 2.84 bits per heavy atom. The maximum atomic E-state index is 12.1. The van der Waals surface area contributed by atoms with Crippen LogP contribution in [0.1, 0.15) is 26.4 Å². The van der Waals surface area contributed by atoms with Crippen molar-refractivity contribution in [1.82, 2.24) is 9.88 Å². The molecular weight excluding hydrogens is 248 g/mol. The van der Waals surface area contributed by atoms with Crippen molar-refractivity contribution in [2.24, 2.45) is 0 Å². The molecule has 19 heavy (non-hydrogen) atoms. The second kappa shape index (κ2) is 5.34. The summed E-state index contributed by atoms with van der Waals surface area (Å²) in [6.07, 6.45) is 4.39. The molecule has 0 aliphatic rings. The van der Waals surface area contributed by atoms with E-state index in [2.05, 4.69) is 4.98 Å². The van der Waals surface area contributed by atoms with E-state index < -0.39 is 5.97 Å². The van der Waals surface area contributed by atoms with Crippen molar-refractivity contribution in [3.8, 4) is 0 Å². The second-order valence-electron chi connectivity index (χ2n) is 4.03. The minimum absolute atomic E-state index is 0.150. The van der Waals surface area contributed by atoms with Gasteiger partial charge in [-0.15, -0.1) is 0 Å². The van der Waals surface area contributed by atoms with Crippen molar-refractivity contribution in [2.45, 2.75) is 6.54 Å². The number of aromatic carboxylic acids is 1. The summed E-state index contributed by atoms with van der Waals surface area (Å²) in [7, 11) is 1.64. The minimum atomic E-state index is -1.16. The number of carbonyl (C=O) groups is 2. The van der Waals surface area contributed by atoms with E-state index in [4.69, 9.17) is 9.52 Å². The number of rotatable bonds is 4. The van der Waals surface area contributed by atoms with Gasteiger partial charge < -0.3 is 14.4 Å². The quantitative estimate of drug-likeness (QED) is 0.903. The number of amides is 1. The lowest BCUT2D eigenvalue weighted by molar-refractivity contribution is 0.0690. The summed E-state index contributed by atoms with van der Waals surface area (Å²) in [5.74, 6) is -1.43. The lowest BCUT2D eigenvalue weighted by atomic mass is 10.2. The van der Waals surface area contributed by atoms with E-state index in [1.54, 1.807) is 19.4 Å². The Kier molecular flexibility index (Phi) is 3.61. The zero-order valence-electron chi connectivity index (χ0n) is 10.2. The fourth-order valence-electron chi connectivity index (χ4n) is 1.63. The minimum Gasteiger partial charge on any atom is -0.477 e. The number of aromatic nitrogens is 1. The maximum Gasteiger partial charge on any atom is 0.354 e. The van der Waals surface area contributed by atoms with Crippen molar-refractivity contribution in [3.63, 3.8) is 0 Å². The van der Waals surface area contributed by atoms with Crippen molar-refractivity contribution in [2.75, 3.05) is 7.05 Å². The summed E-state index contributed by atoms with van der Waals surface area (Å²) in [6, 6.07) is 4.51. The summed E-state index contributed by atoms with van der Waals surface area (Å²) in [4.78, 5) is 28.1. The highest BCUT2D eigenvalue weighted by Gasteiger charge is 2.15. The monoisotopic (exact) mass is 260 g/mol. The second-order valence-corrected chi connectivity index (χ2v) is 4.03. The molecule has 0 radical (unpaired) electrons. The van der Waals surface area contributed by atoms with Crippen molar-refractivity contribution in [1.29, 1.82) is 0 Å². The highest BCUT2D eigenvalue weighted by atomic mass is 16.4. The average molecular weight is 260 g/mol. The third-order valence-corrected chi connectivity index (χ3v) is 2.57. The standard InChI is InChI=1S/C13H12N2O4/c1-15(7-9-3-5-19-8-9)12(16)10-2-4-14-11(6-10)13(17)18/h2-6,8H,7H2,1H3,(H,17,18). The first-order valence-corrected chi connectivity index (χ1v) is 5.54. The highest BCUT2D eigenvalue weighted by Crippen LogP contribution is 2.09.